The molecule has 1 unspecified atom stereocenters. The number of phenolic OH excluding ortho intramolecular Hbond substituents is 2. The van der Waals surface area contributed by atoms with Crippen LogP contribution in [0.1, 0.15) is 16.7 Å². The van der Waals surface area contributed by atoms with Gasteiger partial charge in [0.1, 0.15) is 16.5 Å². The molecule has 3 N–H and O–H groups in total. The third kappa shape index (κ3) is 3.65. The van der Waals surface area contributed by atoms with Gasteiger partial charge in [0, 0.05) is 10.6 Å². The van der Waals surface area contributed by atoms with Crippen molar-refractivity contribution in [2.24, 2.45) is 0 Å². The number of aromatic hydroxyl groups is 2. The summed E-state index contributed by atoms with van der Waals surface area (Å²) >= 11 is 24.4. The molecule has 0 saturated carbocycles. The molecule has 1 atom stereocenters. The first-order chi connectivity index (χ1) is 13.5. The molecule has 29 heavy (non-hydrogen) atoms. The number of halogens is 4. The van der Waals surface area contributed by atoms with Gasteiger partial charge in [-0.3, -0.25) is 4.55 Å². The Balaban J connectivity index is 2.62. The van der Waals surface area contributed by atoms with Gasteiger partial charge >= 0.3 is 0 Å². The molecule has 0 amide bonds. The number of hydrogen-bond acceptors (Lipinski definition) is 4. The van der Waals surface area contributed by atoms with Gasteiger partial charge in [-0.2, -0.15) is 8.42 Å². The van der Waals surface area contributed by atoms with E-state index < -0.39 is 26.2 Å². The van der Waals surface area contributed by atoms with Crippen LogP contribution in [0.3, 0.4) is 0 Å². The second kappa shape index (κ2) is 7.87. The highest BCUT2D eigenvalue weighted by Crippen LogP contribution is 2.53. The summed E-state index contributed by atoms with van der Waals surface area (Å²) in [6, 6.07) is 11.8. The summed E-state index contributed by atoms with van der Waals surface area (Å²) in [4.78, 5) is 0. The Morgan fingerprint density at radius 2 is 1.41 bits per heavy atom. The summed E-state index contributed by atoms with van der Waals surface area (Å²) in [6.45, 7) is 0. The summed E-state index contributed by atoms with van der Waals surface area (Å²) in [5.74, 6) is -0.872. The van der Waals surface area contributed by atoms with E-state index in [0.717, 1.165) is 6.07 Å². The lowest BCUT2D eigenvalue weighted by Crippen LogP contribution is -2.38. The van der Waals surface area contributed by atoms with Gasteiger partial charge in [0.05, 0.1) is 10.0 Å². The van der Waals surface area contributed by atoms with E-state index in [1.54, 1.807) is 0 Å². The SMILES string of the molecule is O=S(=O)(O)C(c1ccc(O)cc1)(c1cccc(Cl)c1)c1c(Cl)cc(Cl)c(Cl)c1O. The van der Waals surface area contributed by atoms with Crippen LogP contribution in [0.25, 0.3) is 0 Å². The summed E-state index contributed by atoms with van der Waals surface area (Å²) in [7, 11) is -5.08. The largest absolute Gasteiger partial charge is 0.508 e. The van der Waals surface area contributed by atoms with Gasteiger partial charge in [0.2, 0.25) is 0 Å². The zero-order valence-electron chi connectivity index (χ0n) is 14.3. The smallest absolute Gasteiger partial charge is 0.283 e. The number of phenols is 2. The molecule has 0 aliphatic heterocycles. The van der Waals surface area contributed by atoms with Crippen LogP contribution in [0.5, 0.6) is 11.5 Å². The molecule has 3 aromatic rings. The second-order valence-corrected chi connectivity index (χ2v) is 9.28. The fourth-order valence-electron chi connectivity index (χ4n) is 3.20. The van der Waals surface area contributed by atoms with Gasteiger partial charge in [-0.1, -0.05) is 70.7 Å². The maximum Gasteiger partial charge on any atom is 0.283 e. The summed E-state index contributed by atoms with van der Waals surface area (Å²) in [5, 5.41) is 19.8. The molecule has 5 nitrogen and oxygen atoms in total. The number of benzene rings is 3. The average molecular weight is 494 g/mol. The van der Waals surface area contributed by atoms with Gasteiger partial charge in [-0.25, -0.2) is 0 Å². The van der Waals surface area contributed by atoms with Gasteiger partial charge in [-0.05, 0) is 41.5 Å². The molecule has 0 spiro atoms. The second-order valence-electron chi connectivity index (χ2n) is 6.09. The van der Waals surface area contributed by atoms with Crippen LogP contribution >= 0.6 is 46.4 Å². The lowest BCUT2D eigenvalue weighted by Gasteiger charge is -2.34. The predicted molar refractivity (Wildman–Crippen MR) is 114 cm³/mol. The standard InChI is InChI=1S/C19H12Cl4O5S/c20-12-3-1-2-11(8-12)19(29(26,27)28,10-4-6-13(24)7-5-10)16-14(21)9-15(22)17(23)18(16)25/h1-9,24-25H,(H,26,27,28). The van der Waals surface area contributed by atoms with Crippen LogP contribution in [-0.2, 0) is 14.9 Å². The molecular formula is C19H12Cl4O5S. The molecule has 0 fully saturated rings. The molecule has 0 saturated heterocycles. The molecule has 0 heterocycles. The van der Waals surface area contributed by atoms with Gasteiger partial charge in [0.25, 0.3) is 10.1 Å². The van der Waals surface area contributed by atoms with Crippen molar-refractivity contribution in [1.82, 2.24) is 0 Å². The molecule has 0 aliphatic rings. The van der Waals surface area contributed by atoms with Crippen molar-refractivity contribution in [3.63, 3.8) is 0 Å². The Morgan fingerprint density at radius 3 is 1.97 bits per heavy atom. The van der Waals surface area contributed by atoms with Crippen LogP contribution in [0, 0.1) is 0 Å². The molecule has 3 rings (SSSR count). The first-order valence-electron chi connectivity index (χ1n) is 7.89. The van der Waals surface area contributed by atoms with Crippen molar-refractivity contribution >= 4 is 56.5 Å². The van der Waals surface area contributed by atoms with E-state index in [9.17, 15) is 23.2 Å². The predicted octanol–water partition coefficient (Wildman–Crippen LogP) is 5.89. The fraction of sp³-hybridized carbons (Fsp3) is 0.0526. The Labute approximate surface area is 186 Å². The van der Waals surface area contributed by atoms with Crippen molar-refractivity contribution in [3.05, 3.63) is 91.4 Å². The summed E-state index contributed by atoms with van der Waals surface area (Å²) in [5.41, 5.74) is -0.464. The highest BCUT2D eigenvalue weighted by Gasteiger charge is 2.52. The monoisotopic (exact) mass is 492 g/mol. The normalized spacial score (nSPS) is 13.8. The first-order valence-corrected chi connectivity index (χ1v) is 10.8. The van der Waals surface area contributed by atoms with Gasteiger partial charge in [-0.15, -0.1) is 0 Å². The van der Waals surface area contributed by atoms with Crippen LogP contribution < -0.4 is 0 Å². The minimum Gasteiger partial charge on any atom is -0.508 e. The highest BCUT2D eigenvalue weighted by atomic mass is 35.5. The average Bonchev–Trinajstić information content (AvgIpc) is 2.63. The zero-order valence-corrected chi connectivity index (χ0v) is 18.1. The van der Waals surface area contributed by atoms with Crippen molar-refractivity contribution in [3.8, 4) is 11.5 Å². The number of hydrogen-bond donors (Lipinski definition) is 3. The molecule has 0 aromatic heterocycles. The van der Waals surface area contributed by atoms with E-state index in [4.69, 9.17) is 46.4 Å². The highest BCUT2D eigenvalue weighted by molar-refractivity contribution is 7.87. The van der Waals surface area contributed by atoms with Crippen molar-refractivity contribution in [2.45, 2.75) is 4.75 Å². The summed E-state index contributed by atoms with van der Waals surface area (Å²) < 4.78 is 34.0. The molecule has 3 aromatic carbocycles. The minimum absolute atomic E-state index is 0.0196. The Hall–Kier alpha value is -1.67. The maximum absolute atomic E-state index is 13.0. The summed E-state index contributed by atoms with van der Waals surface area (Å²) in [6.07, 6.45) is 0. The minimum atomic E-state index is -5.08. The third-order valence-electron chi connectivity index (χ3n) is 4.39. The zero-order chi connectivity index (χ0) is 21.6. The van der Waals surface area contributed by atoms with E-state index in [1.165, 1.54) is 48.5 Å². The van der Waals surface area contributed by atoms with Crippen LogP contribution in [-0.4, -0.2) is 23.2 Å². The topological polar surface area (TPSA) is 94.8 Å². The molecule has 10 heteroatoms. The molecule has 0 bridgehead atoms. The van der Waals surface area contributed by atoms with E-state index in [1.807, 2.05) is 0 Å². The van der Waals surface area contributed by atoms with Gasteiger partial charge in [0.15, 0.2) is 4.75 Å². The Bertz CT molecular complexity index is 1200. The lowest BCUT2D eigenvalue weighted by molar-refractivity contribution is 0.440. The van der Waals surface area contributed by atoms with E-state index in [2.05, 4.69) is 0 Å². The molecule has 0 radical (unpaired) electrons. The van der Waals surface area contributed by atoms with E-state index in [-0.39, 0.29) is 37.0 Å². The maximum atomic E-state index is 13.0. The Kier molecular flexibility index (Phi) is 5.98. The van der Waals surface area contributed by atoms with Crippen molar-refractivity contribution in [2.75, 3.05) is 0 Å². The first kappa shape index (κ1) is 22.0. The lowest BCUT2D eigenvalue weighted by atomic mass is 9.83. The van der Waals surface area contributed by atoms with E-state index in [0.29, 0.717) is 0 Å². The number of rotatable bonds is 4. The quantitative estimate of drug-likeness (QED) is 0.239. The fourth-order valence-corrected chi connectivity index (χ4v) is 5.52. The molecular weight excluding hydrogens is 482 g/mol. The van der Waals surface area contributed by atoms with E-state index >= 15 is 0 Å². The van der Waals surface area contributed by atoms with Gasteiger partial charge < -0.3 is 10.2 Å². The van der Waals surface area contributed by atoms with Crippen molar-refractivity contribution < 1.29 is 23.2 Å². The Morgan fingerprint density at radius 1 is 0.793 bits per heavy atom. The van der Waals surface area contributed by atoms with Crippen LogP contribution in [0.15, 0.2) is 54.6 Å². The third-order valence-corrected chi connectivity index (χ3v) is 7.15. The molecule has 152 valence electrons. The van der Waals surface area contributed by atoms with Crippen LogP contribution in [0.2, 0.25) is 20.1 Å². The molecule has 0 aliphatic carbocycles. The van der Waals surface area contributed by atoms with Crippen LogP contribution in [0.4, 0.5) is 0 Å². The van der Waals surface area contributed by atoms with Crippen molar-refractivity contribution in [1.29, 1.82) is 0 Å².